The summed E-state index contributed by atoms with van der Waals surface area (Å²) in [4.78, 5) is 11.4. The lowest BCUT2D eigenvalue weighted by atomic mass is 10.1. The molecule has 17 heavy (non-hydrogen) atoms. The van der Waals surface area contributed by atoms with Gasteiger partial charge in [0.05, 0.1) is 7.11 Å². The van der Waals surface area contributed by atoms with E-state index in [9.17, 15) is 18.0 Å². The van der Waals surface area contributed by atoms with Crippen LogP contribution in [-0.2, 0) is 0 Å². The molecule has 0 atom stereocenters. The second kappa shape index (κ2) is 4.90. The number of rotatable bonds is 3. The van der Waals surface area contributed by atoms with Crippen LogP contribution in [0.3, 0.4) is 0 Å². The van der Waals surface area contributed by atoms with Crippen LogP contribution in [0.1, 0.15) is 10.4 Å². The van der Waals surface area contributed by atoms with Gasteiger partial charge in [-0.2, -0.15) is 13.2 Å². The number of carbonyl (C=O) groups is 1. The predicted molar refractivity (Wildman–Crippen MR) is 55.6 cm³/mol. The topological polar surface area (TPSA) is 52.3 Å². The number of methoxy groups -OCH3 is 1. The third kappa shape index (κ3) is 3.51. The van der Waals surface area contributed by atoms with E-state index < -0.39 is 17.7 Å². The number of alkyl halides is 3. The minimum atomic E-state index is -4.69. The Bertz CT molecular complexity index is 435. The fraction of sp³-hybridized carbons (Fsp3) is 0.182. The number of ketones is 1. The minimum absolute atomic E-state index is 0.109. The Kier molecular flexibility index (Phi) is 3.77. The highest BCUT2D eigenvalue weighted by molar-refractivity contribution is 6.05. The van der Waals surface area contributed by atoms with E-state index in [0.717, 1.165) is 0 Å². The third-order valence-corrected chi connectivity index (χ3v) is 1.99. The Morgan fingerprint density at radius 1 is 1.29 bits per heavy atom. The second-order valence-corrected chi connectivity index (χ2v) is 3.19. The average Bonchev–Trinajstić information content (AvgIpc) is 2.27. The number of halogens is 3. The molecular formula is C11H10F3NO2. The Hall–Kier alpha value is -1.98. The van der Waals surface area contributed by atoms with Crippen molar-refractivity contribution in [2.45, 2.75) is 6.18 Å². The van der Waals surface area contributed by atoms with Crippen molar-refractivity contribution in [3.05, 3.63) is 41.6 Å². The summed E-state index contributed by atoms with van der Waals surface area (Å²) in [5.41, 5.74) is 3.43. The Morgan fingerprint density at radius 3 is 2.24 bits per heavy atom. The fourth-order valence-corrected chi connectivity index (χ4v) is 1.06. The smallest absolute Gasteiger partial charge is 0.430 e. The normalized spacial score (nSPS) is 12.4. The van der Waals surface area contributed by atoms with Crippen molar-refractivity contribution in [2.24, 2.45) is 5.73 Å². The maximum Gasteiger partial charge on any atom is 0.430 e. The molecular weight excluding hydrogens is 235 g/mol. The number of nitrogens with two attached hydrogens (primary N) is 1. The van der Waals surface area contributed by atoms with Gasteiger partial charge in [0.25, 0.3) is 0 Å². The van der Waals surface area contributed by atoms with Crippen LogP contribution in [0.4, 0.5) is 13.2 Å². The molecule has 3 nitrogen and oxygen atoms in total. The van der Waals surface area contributed by atoms with Gasteiger partial charge in [-0.3, -0.25) is 4.79 Å². The zero-order chi connectivity index (χ0) is 13.1. The van der Waals surface area contributed by atoms with Crippen molar-refractivity contribution < 1.29 is 22.7 Å². The van der Waals surface area contributed by atoms with Gasteiger partial charge in [0.2, 0.25) is 0 Å². The molecule has 0 amide bonds. The van der Waals surface area contributed by atoms with E-state index >= 15 is 0 Å². The van der Waals surface area contributed by atoms with Crippen LogP contribution >= 0.6 is 0 Å². The van der Waals surface area contributed by atoms with E-state index in [4.69, 9.17) is 10.5 Å². The van der Waals surface area contributed by atoms with Gasteiger partial charge in [-0.05, 0) is 24.3 Å². The lowest BCUT2D eigenvalue weighted by Gasteiger charge is -2.05. The monoisotopic (exact) mass is 245 g/mol. The van der Waals surface area contributed by atoms with Gasteiger partial charge in [-0.1, -0.05) is 0 Å². The van der Waals surface area contributed by atoms with E-state index in [1.807, 2.05) is 0 Å². The minimum Gasteiger partial charge on any atom is -0.497 e. The number of carbonyl (C=O) groups excluding carboxylic acids is 1. The summed E-state index contributed by atoms with van der Waals surface area (Å²) in [5, 5.41) is 0. The van der Waals surface area contributed by atoms with Gasteiger partial charge in [-0.25, -0.2) is 0 Å². The second-order valence-electron chi connectivity index (χ2n) is 3.19. The summed E-state index contributed by atoms with van der Waals surface area (Å²) in [6, 6.07) is 5.68. The lowest BCUT2D eigenvalue weighted by molar-refractivity contribution is -0.0927. The number of benzene rings is 1. The van der Waals surface area contributed by atoms with Crippen LogP contribution in [0.25, 0.3) is 0 Å². The number of ether oxygens (including phenoxy) is 1. The van der Waals surface area contributed by atoms with E-state index in [1.54, 1.807) is 0 Å². The molecule has 1 rings (SSSR count). The maximum atomic E-state index is 12.1. The van der Waals surface area contributed by atoms with Gasteiger partial charge in [-0.15, -0.1) is 0 Å². The Labute approximate surface area is 95.7 Å². The molecule has 0 heterocycles. The quantitative estimate of drug-likeness (QED) is 0.656. The molecule has 0 saturated heterocycles. The summed E-state index contributed by atoms with van der Waals surface area (Å²) < 4.78 is 41.1. The van der Waals surface area contributed by atoms with Crippen molar-refractivity contribution in [3.63, 3.8) is 0 Å². The summed E-state index contributed by atoms with van der Waals surface area (Å²) in [7, 11) is 1.44. The van der Waals surface area contributed by atoms with Crippen LogP contribution in [0.5, 0.6) is 5.75 Å². The van der Waals surface area contributed by atoms with Crippen molar-refractivity contribution >= 4 is 5.78 Å². The first-order valence-electron chi connectivity index (χ1n) is 4.57. The van der Waals surface area contributed by atoms with Crippen LogP contribution in [0.2, 0.25) is 0 Å². The molecule has 0 unspecified atom stereocenters. The molecule has 0 bridgehead atoms. The summed E-state index contributed by atoms with van der Waals surface area (Å²) in [5.74, 6) is -0.295. The van der Waals surface area contributed by atoms with Crippen LogP contribution in [0.15, 0.2) is 36.0 Å². The molecule has 0 aliphatic rings. The molecule has 6 heteroatoms. The Balaban J connectivity index is 2.90. The third-order valence-electron chi connectivity index (χ3n) is 1.99. The van der Waals surface area contributed by atoms with E-state index in [1.165, 1.54) is 31.4 Å². The zero-order valence-corrected chi connectivity index (χ0v) is 8.91. The van der Waals surface area contributed by atoms with Crippen molar-refractivity contribution in [1.29, 1.82) is 0 Å². The standard InChI is InChI=1S/C11H10F3NO2/c1-17-8-4-2-7(3-5-8)9(16)6-10(15)11(12,13)14/h2-6H,15H2,1H3/b10-6-. The van der Waals surface area contributed by atoms with Gasteiger partial charge in [0.1, 0.15) is 11.4 Å². The molecule has 0 radical (unpaired) electrons. The highest BCUT2D eigenvalue weighted by Crippen LogP contribution is 2.22. The maximum absolute atomic E-state index is 12.1. The van der Waals surface area contributed by atoms with E-state index in [2.05, 4.69) is 0 Å². The van der Waals surface area contributed by atoms with Crippen molar-refractivity contribution in [1.82, 2.24) is 0 Å². The van der Waals surface area contributed by atoms with Crippen molar-refractivity contribution in [2.75, 3.05) is 7.11 Å². The highest BCUT2D eigenvalue weighted by atomic mass is 19.4. The summed E-state index contributed by atoms with van der Waals surface area (Å²) in [6.07, 6.45) is -4.33. The molecule has 0 aliphatic carbocycles. The van der Waals surface area contributed by atoms with E-state index in [-0.39, 0.29) is 5.56 Å². The predicted octanol–water partition coefficient (Wildman–Crippen LogP) is 2.28. The molecule has 0 saturated carbocycles. The molecule has 0 aromatic heterocycles. The fourth-order valence-electron chi connectivity index (χ4n) is 1.06. The molecule has 0 spiro atoms. The zero-order valence-electron chi connectivity index (χ0n) is 8.91. The first kappa shape index (κ1) is 13.1. The molecule has 0 aliphatic heterocycles. The van der Waals surface area contributed by atoms with E-state index in [0.29, 0.717) is 11.8 Å². The summed E-state index contributed by atoms with van der Waals surface area (Å²) >= 11 is 0. The molecule has 0 fully saturated rings. The van der Waals surface area contributed by atoms with Crippen LogP contribution in [-0.4, -0.2) is 19.1 Å². The van der Waals surface area contributed by atoms with Crippen molar-refractivity contribution in [3.8, 4) is 5.75 Å². The average molecular weight is 245 g/mol. The highest BCUT2D eigenvalue weighted by Gasteiger charge is 2.32. The molecule has 92 valence electrons. The number of hydrogen-bond acceptors (Lipinski definition) is 3. The lowest BCUT2D eigenvalue weighted by Crippen LogP contribution is -2.20. The van der Waals surface area contributed by atoms with Crippen LogP contribution in [0, 0.1) is 0 Å². The first-order chi connectivity index (χ1) is 7.84. The molecule has 2 N–H and O–H groups in total. The molecule has 1 aromatic carbocycles. The molecule has 1 aromatic rings. The van der Waals surface area contributed by atoms with Gasteiger partial charge in [0.15, 0.2) is 5.78 Å². The summed E-state index contributed by atoms with van der Waals surface area (Å²) in [6.45, 7) is 0. The van der Waals surface area contributed by atoms with Gasteiger partial charge < -0.3 is 10.5 Å². The largest absolute Gasteiger partial charge is 0.497 e. The number of allylic oxidation sites excluding steroid dienone is 2. The number of hydrogen-bond donors (Lipinski definition) is 1. The first-order valence-corrected chi connectivity index (χ1v) is 4.57. The van der Waals surface area contributed by atoms with Crippen LogP contribution < -0.4 is 10.5 Å². The van der Waals surface area contributed by atoms with Gasteiger partial charge in [0, 0.05) is 11.6 Å². The Morgan fingerprint density at radius 2 is 1.82 bits per heavy atom. The van der Waals surface area contributed by atoms with Gasteiger partial charge >= 0.3 is 6.18 Å². The SMILES string of the molecule is COc1ccc(C(=O)/C=C(\N)C(F)(F)F)cc1.